The molecule has 0 spiro atoms. The smallest absolute Gasteiger partial charge is 0.265 e. The van der Waals surface area contributed by atoms with Crippen LogP contribution in [0, 0.1) is 23.2 Å². The third-order valence-electron chi connectivity index (χ3n) is 5.00. The van der Waals surface area contributed by atoms with Gasteiger partial charge in [-0.3, -0.25) is 4.79 Å². The molecule has 22 heavy (non-hydrogen) atoms. The van der Waals surface area contributed by atoms with E-state index in [4.69, 9.17) is 0 Å². The minimum absolute atomic E-state index is 0.111. The fraction of sp³-hybridized carbons (Fsp3) is 0.778. The predicted octanol–water partition coefficient (Wildman–Crippen LogP) is 3.16. The lowest BCUT2D eigenvalue weighted by Gasteiger charge is -2.35. The van der Waals surface area contributed by atoms with Crippen molar-refractivity contribution in [1.82, 2.24) is 9.80 Å². The summed E-state index contributed by atoms with van der Waals surface area (Å²) < 4.78 is 0. The Labute approximate surface area is 134 Å². The molecule has 2 atom stereocenters. The van der Waals surface area contributed by atoms with E-state index in [2.05, 4.69) is 24.8 Å². The highest BCUT2D eigenvalue weighted by atomic mass is 16.2. The molecule has 0 bridgehead atoms. The van der Waals surface area contributed by atoms with Crippen molar-refractivity contribution in [3.05, 3.63) is 11.8 Å². The number of hydrogen-bond donors (Lipinski definition) is 0. The zero-order chi connectivity index (χ0) is 16.1. The lowest BCUT2D eigenvalue weighted by atomic mass is 9.92. The van der Waals surface area contributed by atoms with Gasteiger partial charge in [0.2, 0.25) is 0 Å². The molecule has 1 saturated heterocycles. The topological polar surface area (TPSA) is 47.3 Å². The zero-order valence-corrected chi connectivity index (χ0v) is 14.2. The molecule has 4 heteroatoms. The molecule has 1 amide bonds. The summed E-state index contributed by atoms with van der Waals surface area (Å²) in [7, 11) is 1.85. The summed E-state index contributed by atoms with van der Waals surface area (Å²) >= 11 is 0. The van der Waals surface area contributed by atoms with Crippen molar-refractivity contribution in [3.63, 3.8) is 0 Å². The number of nitrogens with zero attached hydrogens (tertiary/aromatic N) is 3. The number of rotatable bonds is 3. The van der Waals surface area contributed by atoms with Gasteiger partial charge < -0.3 is 9.80 Å². The standard InChI is InChI=1S/C18H29N3O/c1-14-9-15(2)12-21(11-14)13-16(10-19)18(22)20(3)17-7-5-4-6-8-17/h13-15,17H,4-9,11-12H2,1-3H3/b16-13-. The van der Waals surface area contributed by atoms with Crippen molar-refractivity contribution in [2.45, 2.75) is 58.4 Å². The normalized spacial score (nSPS) is 27.4. The molecule has 2 rings (SSSR count). The van der Waals surface area contributed by atoms with Gasteiger partial charge in [-0.2, -0.15) is 5.26 Å². The number of amides is 1. The Balaban J connectivity index is 2.04. The van der Waals surface area contributed by atoms with E-state index in [1.807, 2.05) is 7.05 Å². The van der Waals surface area contributed by atoms with Crippen molar-refractivity contribution in [2.24, 2.45) is 11.8 Å². The van der Waals surface area contributed by atoms with Gasteiger partial charge in [0, 0.05) is 32.4 Å². The summed E-state index contributed by atoms with van der Waals surface area (Å²) in [5.74, 6) is 1.12. The average Bonchev–Trinajstić information content (AvgIpc) is 2.51. The Morgan fingerprint density at radius 1 is 1.18 bits per heavy atom. The molecule has 0 radical (unpaired) electrons. The number of carbonyl (C=O) groups excluding carboxylic acids is 1. The molecule has 2 fully saturated rings. The minimum Gasteiger partial charge on any atom is -0.376 e. The van der Waals surface area contributed by atoms with Gasteiger partial charge in [0.1, 0.15) is 11.6 Å². The van der Waals surface area contributed by atoms with E-state index in [0.29, 0.717) is 17.9 Å². The third kappa shape index (κ3) is 4.25. The summed E-state index contributed by atoms with van der Waals surface area (Å²) in [5.41, 5.74) is 0.286. The molecular formula is C18H29N3O. The summed E-state index contributed by atoms with van der Waals surface area (Å²) in [6.07, 6.45) is 8.81. The number of hydrogen-bond acceptors (Lipinski definition) is 3. The van der Waals surface area contributed by atoms with E-state index in [9.17, 15) is 10.1 Å². The van der Waals surface area contributed by atoms with Crippen molar-refractivity contribution >= 4 is 5.91 Å². The van der Waals surface area contributed by atoms with E-state index in [0.717, 1.165) is 25.9 Å². The lowest BCUT2D eigenvalue weighted by molar-refractivity contribution is -0.128. The van der Waals surface area contributed by atoms with Crippen molar-refractivity contribution in [3.8, 4) is 6.07 Å². The Kier molecular flexibility index (Phi) is 5.88. The van der Waals surface area contributed by atoms with Crippen LogP contribution in [-0.2, 0) is 4.79 Å². The lowest BCUT2D eigenvalue weighted by Crippen LogP contribution is -2.40. The van der Waals surface area contributed by atoms with E-state index < -0.39 is 0 Å². The first kappa shape index (κ1) is 16.9. The first-order valence-electron chi connectivity index (χ1n) is 8.64. The summed E-state index contributed by atoms with van der Waals surface area (Å²) in [4.78, 5) is 16.6. The molecule has 0 aromatic rings. The van der Waals surface area contributed by atoms with Crippen LogP contribution >= 0.6 is 0 Å². The van der Waals surface area contributed by atoms with E-state index in [1.165, 1.54) is 25.7 Å². The first-order chi connectivity index (χ1) is 10.5. The monoisotopic (exact) mass is 303 g/mol. The second-order valence-corrected chi connectivity index (χ2v) is 7.26. The fourth-order valence-corrected chi connectivity index (χ4v) is 3.96. The molecule has 0 N–H and O–H groups in total. The van der Waals surface area contributed by atoms with Crippen LogP contribution in [0.15, 0.2) is 11.8 Å². The Hall–Kier alpha value is -1.50. The maximum absolute atomic E-state index is 12.6. The minimum atomic E-state index is -0.111. The van der Waals surface area contributed by atoms with Crippen LogP contribution in [0.3, 0.4) is 0 Å². The number of piperidine rings is 1. The molecule has 0 aromatic carbocycles. The second kappa shape index (κ2) is 7.67. The quantitative estimate of drug-likeness (QED) is 0.594. The van der Waals surface area contributed by atoms with E-state index >= 15 is 0 Å². The van der Waals surface area contributed by atoms with Crippen molar-refractivity contribution in [2.75, 3.05) is 20.1 Å². The van der Waals surface area contributed by atoms with Crippen LogP contribution in [0.4, 0.5) is 0 Å². The largest absolute Gasteiger partial charge is 0.376 e. The van der Waals surface area contributed by atoms with Gasteiger partial charge in [0.25, 0.3) is 5.91 Å². The highest BCUT2D eigenvalue weighted by molar-refractivity contribution is 5.97. The van der Waals surface area contributed by atoms with Gasteiger partial charge in [0.05, 0.1) is 0 Å². The molecular weight excluding hydrogens is 274 g/mol. The molecule has 0 aromatic heterocycles. The van der Waals surface area contributed by atoms with Crippen molar-refractivity contribution < 1.29 is 4.79 Å². The molecule has 1 heterocycles. The van der Waals surface area contributed by atoms with Gasteiger partial charge >= 0.3 is 0 Å². The van der Waals surface area contributed by atoms with E-state index in [1.54, 1.807) is 11.1 Å². The molecule has 1 aliphatic carbocycles. The van der Waals surface area contributed by atoms with Crippen LogP contribution in [0.1, 0.15) is 52.4 Å². The number of nitriles is 1. The average molecular weight is 303 g/mol. The molecule has 1 saturated carbocycles. The van der Waals surface area contributed by atoms with Crippen molar-refractivity contribution in [1.29, 1.82) is 5.26 Å². The van der Waals surface area contributed by atoms with Crippen LogP contribution in [-0.4, -0.2) is 41.9 Å². The highest BCUT2D eigenvalue weighted by Gasteiger charge is 2.26. The summed E-state index contributed by atoms with van der Waals surface area (Å²) in [5, 5.41) is 9.41. The van der Waals surface area contributed by atoms with E-state index in [-0.39, 0.29) is 11.5 Å². The van der Waals surface area contributed by atoms with Gasteiger partial charge in [-0.05, 0) is 31.1 Å². The zero-order valence-electron chi connectivity index (χ0n) is 14.2. The third-order valence-corrected chi connectivity index (χ3v) is 5.00. The predicted molar refractivity (Wildman–Crippen MR) is 87.9 cm³/mol. The van der Waals surface area contributed by atoms with Gasteiger partial charge in [0.15, 0.2) is 0 Å². The Bertz CT molecular complexity index is 449. The van der Waals surface area contributed by atoms with Gasteiger partial charge in [-0.1, -0.05) is 33.1 Å². The number of carbonyl (C=O) groups is 1. The maximum atomic E-state index is 12.6. The van der Waals surface area contributed by atoms with Crippen LogP contribution < -0.4 is 0 Å². The molecule has 4 nitrogen and oxygen atoms in total. The SMILES string of the molecule is CC1CC(C)CN(/C=C(/C#N)C(=O)N(C)C2CCCCC2)C1. The van der Waals surface area contributed by atoms with Crippen LogP contribution in [0.5, 0.6) is 0 Å². The van der Waals surface area contributed by atoms with Crippen LogP contribution in [0.2, 0.25) is 0 Å². The molecule has 122 valence electrons. The number of likely N-dealkylation sites (N-methyl/N-ethyl adjacent to an activating group) is 1. The van der Waals surface area contributed by atoms with Gasteiger partial charge in [-0.15, -0.1) is 0 Å². The molecule has 1 aliphatic heterocycles. The Morgan fingerprint density at radius 3 is 2.32 bits per heavy atom. The Morgan fingerprint density at radius 2 is 1.77 bits per heavy atom. The fourth-order valence-electron chi connectivity index (χ4n) is 3.96. The summed E-state index contributed by atoms with van der Waals surface area (Å²) in [6.45, 7) is 6.35. The first-order valence-corrected chi connectivity index (χ1v) is 8.64. The highest BCUT2D eigenvalue weighted by Crippen LogP contribution is 2.24. The van der Waals surface area contributed by atoms with Gasteiger partial charge in [-0.25, -0.2) is 0 Å². The molecule has 2 unspecified atom stereocenters. The second-order valence-electron chi connectivity index (χ2n) is 7.26. The molecule has 2 aliphatic rings. The summed E-state index contributed by atoms with van der Waals surface area (Å²) in [6, 6.07) is 2.43. The number of likely N-dealkylation sites (tertiary alicyclic amines) is 1. The van der Waals surface area contributed by atoms with Crippen LogP contribution in [0.25, 0.3) is 0 Å². The maximum Gasteiger partial charge on any atom is 0.265 e.